The number of nitrogens with zero attached hydrogens (tertiary/aromatic N) is 3. The topological polar surface area (TPSA) is 64.1 Å². The van der Waals surface area contributed by atoms with Crippen LogP contribution in [0.5, 0.6) is 17.2 Å². The molecule has 31 heavy (non-hydrogen) atoms. The van der Waals surface area contributed by atoms with Crippen LogP contribution in [0.4, 0.5) is 5.13 Å². The first-order valence-electron chi connectivity index (χ1n) is 9.84. The highest BCUT2D eigenvalue weighted by Crippen LogP contribution is 2.40. The minimum absolute atomic E-state index is 0. The van der Waals surface area contributed by atoms with Crippen molar-refractivity contribution >= 4 is 45.0 Å². The molecule has 2 aromatic carbocycles. The summed E-state index contributed by atoms with van der Waals surface area (Å²) in [6, 6.07) is 11.0. The molecule has 0 spiro atoms. The predicted octanol–water partition coefficient (Wildman–Crippen LogP) is 4.44. The van der Waals surface area contributed by atoms with Gasteiger partial charge in [0.1, 0.15) is 5.75 Å². The Labute approximate surface area is 191 Å². The number of amides is 1. The molecular weight excluding hydrogens is 438 g/mol. The zero-order valence-electron chi connectivity index (χ0n) is 18.0. The zero-order chi connectivity index (χ0) is 21.3. The highest BCUT2D eigenvalue weighted by molar-refractivity contribution is 7.22. The van der Waals surface area contributed by atoms with Crippen molar-refractivity contribution in [2.24, 2.45) is 0 Å². The molecule has 3 aromatic rings. The molecule has 0 unspecified atom stereocenters. The van der Waals surface area contributed by atoms with Gasteiger partial charge in [0.05, 0.1) is 16.3 Å². The molecule has 1 aliphatic rings. The van der Waals surface area contributed by atoms with Gasteiger partial charge in [0.15, 0.2) is 16.6 Å². The number of carbonyl (C=O) groups is 1. The van der Waals surface area contributed by atoms with Gasteiger partial charge in [-0.05, 0) is 52.2 Å². The van der Waals surface area contributed by atoms with Gasteiger partial charge in [-0.25, -0.2) is 4.98 Å². The van der Waals surface area contributed by atoms with E-state index < -0.39 is 0 Å². The van der Waals surface area contributed by atoms with Crippen LogP contribution in [0.3, 0.4) is 0 Å². The first-order chi connectivity index (χ1) is 14.4. The van der Waals surface area contributed by atoms with E-state index in [0.717, 1.165) is 22.5 Å². The van der Waals surface area contributed by atoms with Crippen LogP contribution < -0.4 is 19.1 Å². The lowest BCUT2D eigenvalue weighted by Crippen LogP contribution is -2.36. The maximum absolute atomic E-state index is 13.4. The first-order valence-corrected chi connectivity index (χ1v) is 10.7. The lowest BCUT2D eigenvalue weighted by molar-refractivity contribution is 0.0985. The number of likely N-dealkylation sites (N-methyl/N-ethyl adjacent to an activating group) is 1. The molecule has 7 nitrogen and oxygen atoms in total. The number of hydrogen-bond acceptors (Lipinski definition) is 7. The Bertz CT molecular complexity index is 1010. The fourth-order valence-electron chi connectivity index (χ4n) is 3.11. The van der Waals surface area contributed by atoms with Gasteiger partial charge in [-0.1, -0.05) is 11.3 Å². The average Bonchev–Trinajstić information content (AvgIpc) is 3.31. The highest BCUT2D eigenvalue weighted by atomic mass is 35.5. The molecule has 4 rings (SSSR count). The molecular formula is C22H26ClN3O4S. The summed E-state index contributed by atoms with van der Waals surface area (Å²) >= 11 is 1.47. The summed E-state index contributed by atoms with van der Waals surface area (Å²) in [5.74, 6) is 2.05. The van der Waals surface area contributed by atoms with Crippen molar-refractivity contribution in [1.82, 2.24) is 9.88 Å². The Hall–Kier alpha value is -2.55. The molecule has 0 radical (unpaired) electrons. The quantitative estimate of drug-likeness (QED) is 0.516. The number of rotatable bonds is 7. The summed E-state index contributed by atoms with van der Waals surface area (Å²) < 4.78 is 17.6. The molecule has 0 atom stereocenters. The molecule has 0 N–H and O–H groups in total. The number of hydrogen-bond donors (Lipinski definition) is 0. The Balaban J connectivity index is 0.00000272. The van der Waals surface area contributed by atoms with E-state index in [0.29, 0.717) is 28.7 Å². The summed E-state index contributed by atoms with van der Waals surface area (Å²) in [5.41, 5.74) is 1.39. The number of fused-ring (bicyclic) bond motifs is 2. The van der Waals surface area contributed by atoms with E-state index >= 15 is 0 Å². The normalized spacial score (nSPS) is 12.3. The maximum Gasteiger partial charge on any atom is 0.260 e. The zero-order valence-corrected chi connectivity index (χ0v) is 19.6. The number of anilines is 1. The molecule has 0 aliphatic carbocycles. The van der Waals surface area contributed by atoms with Crippen molar-refractivity contribution < 1.29 is 19.0 Å². The van der Waals surface area contributed by atoms with Gasteiger partial charge in [-0.15, -0.1) is 12.4 Å². The number of benzene rings is 2. The van der Waals surface area contributed by atoms with Crippen molar-refractivity contribution in [2.45, 2.75) is 20.0 Å². The van der Waals surface area contributed by atoms with Crippen LogP contribution in [0.25, 0.3) is 10.2 Å². The predicted molar refractivity (Wildman–Crippen MR) is 125 cm³/mol. The second-order valence-electron chi connectivity index (χ2n) is 7.62. The smallest absolute Gasteiger partial charge is 0.260 e. The molecule has 2 heterocycles. The summed E-state index contributed by atoms with van der Waals surface area (Å²) in [6.45, 7) is 5.42. The lowest BCUT2D eigenvalue weighted by atomic mass is 10.2. The average molecular weight is 464 g/mol. The molecule has 0 fully saturated rings. The van der Waals surface area contributed by atoms with Gasteiger partial charge >= 0.3 is 0 Å². The maximum atomic E-state index is 13.4. The molecule has 9 heteroatoms. The SMILES string of the molecule is CC(C)Oc1ccc(C(=O)N(CCN(C)C)c2nc3cc4c(cc3s2)OCO4)cc1.Cl. The van der Waals surface area contributed by atoms with Crippen molar-refractivity contribution in [2.75, 3.05) is 38.9 Å². The van der Waals surface area contributed by atoms with E-state index in [1.54, 1.807) is 17.0 Å². The van der Waals surface area contributed by atoms with Crippen molar-refractivity contribution in [3.63, 3.8) is 0 Å². The van der Waals surface area contributed by atoms with Crippen LogP contribution in [0.1, 0.15) is 24.2 Å². The highest BCUT2D eigenvalue weighted by Gasteiger charge is 2.23. The van der Waals surface area contributed by atoms with Gasteiger partial charge in [0, 0.05) is 30.8 Å². The van der Waals surface area contributed by atoms with Crippen LogP contribution in [-0.2, 0) is 0 Å². The molecule has 1 aliphatic heterocycles. The van der Waals surface area contributed by atoms with Gasteiger partial charge in [0.25, 0.3) is 5.91 Å². The molecule has 0 bridgehead atoms. The number of thiazole rings is 1. The second kappa shape index (κ2) is 9.72. The van der Waals surface area contributed by atoms with Crippen molar-refractivity contribution in [3.8, 4) is 17.2 Å². The van der Waals surface area contributed by atoms with Crippen molar-refractivity contribution in [1.29, 1.82) is 0 Å². The first kappa shape index (κ1) is 23.1. The van der Waals surface area contributed by atoms with Crippen LogP contribution in [0.15, 0.2) is 36.4 Å². The van der Waals surface area contributed by atoms with E-state index in [1.807, 2.05) is 57.1 Å². The third-order valence-electron chi connectivity index (χ3n) is 4.59. The number of carbonyl (C=O) groups excluding carboxylic acids is 1. The third kappa shape index (κ3) is 5.20. The van der Waals surface area contributed by atoms with Crippen LogP contribution in [0, 0.1) is 0 Å². The van der Waals surface area contributed by atoms with Gasteiger partial charge < -0.3 is 19.1 Å². The molecule has 0 saturated heterocycles. The Kier molecular flexibility index (Phi) is 7.25. The Morgan fingerprint density at radius 3 is 2.45 bits per heavy atom. The Morgan fingerprint density at radius 1 is 1.13 bits per heavy atom. The number of ether oxygens (including phenoxy) is 3. The molecule has 166 valence electrons. The summed E-state index contributed by atoms with van der Waals surface area (Å²) in [4.78, 5) is 21.8. The van der Waals surface area contributed by atoms with E-state index in [2.05, 4.69) is 0 Å². The summed E-state index contributed by atoms with van der Waals surface area (Å²) in [6.07, 6.45) is 0.0838. The minimum atomic E-state index is -0.0907. The summed E-state index contributed by atoms with van der Waals surface area (Å²) in [7, 11) is 3.97. The largest absolute Gasteiger partial charge is 0.491 e. The third-order valence-corrected chi connectivity index (χ3v) is 5.63. The van der Waals surface area contributed by atoms with E-state index in [-0.39, 0.29) is 31.2 Å². The fraction of sp³-hybridized carbons (Fsp3) is 0.364. The molecule has 1 aromatic heterocycles. The van der Waals surface area contributed by atoms with Gasteiger partial charge in [0.2, 0.25) is 6.79 Å². The van der Waals surface area contributed by atoms with Crippen LogP contribution in [0.2, 0.25) is 0 Å². The Morgan fingerprint density at radius 2 is 1.81 bits per heavy atom. The summed E-state index contributed by atoms with van der Waals surface area (Å²) in [5, 5.41) is 0.656. The lowest BCUT2D eigenvalue weighted by Gasteiger charge is -2.22. The second-order valence-corrected chi connectivity index (χ2v) is 8.63. The molecule has 1 amide bonds. The number of halogens is 1. The van der Waals surface area contributed by atoms with Crippen LogP contribution >= 0.6 is 23.7 Å². The minimum Gasteiger partial charge on any atom is -0.491 e. The van der Waals surface area contributed by atoms with Crippen molar-refractivity contribution in [3.05, 3.63) is 42.0 Å². The standard InChI is InChI=1S/C22H25N3O4S.ClH/c1-14(2)29-16-7-5-15(6-8-16)21(26)25(10-9-24(3)4)22-23-17-11-18-19(28-13-27-18)12-20(17)30-22;/h5-8,11-12,14H,9-10,13H2,1-4H3;1H. The monoisotopic (exact) mass is 463 g/mol. The van der Waals surface area contributed by atoms with E-state index in [1.165, 1.54) is 11.3 Å². The van der Waals surface area contributed by atoms with Gasteiger partial charge in [-0.2, -0.15) is 0 Å². The molecule has 0 saturated carbocycles. The van der Waals surface area contributed by atoms with E-state index in [4.69, 9.17) is 19.2 Å². The van der Waals surface area contributed by atoms with E-state index in [9.17, 15) is 4.79 Å². The van der Waals surface area contributed by atoms with Gasteiger partial charge in [-0.3, -0.25) is 9.69 Å². The van der Waals surface area contributed by atoms with Crippen LogP contribution in [-0.4, -0.2) is 55.9 Å². The fourth-order valence-corrected chi connectivity index (χ4v) is 4.11. The number of aromatic nitrogens is 1.